The number of ether oxygens (including phenoxy) is 2. The van der Waals surface area contributed by atoms with Crippen LogP contribution in [-0.4, -0.2) is 49.2 Å². The number of amides is 1. The minimum Gasteiger partial charge on any atom is -0.480 e. The van der Waals surface area contributed by atoms with Gasteiger partial charge in [0.1, 0.15) is 5.56 Å². The van der Waals surface area contributed by atoms with Crippen molar-refractivity contribution in [2.75, 3.05) is 27.3 Å². The summed E-state index contributed by atoms with van der Waals surface area (Å²) >= 11 is 0. The highest BCUT2D eigenvalue weighted by Crippen LogP contribution is 2.18. The number of pyridine rings is 1. The molecule has 1 aliphatic rings. The number of aromatic nitrogens is 1. The number of rotatable bonds is 4. The molecule has 5 heteroatoms. The van der Waals surface area contributed by atoms with Crippen molar-refractivity contribution in [3.63, 3.8) is 0 Å². The standard InChI is InChI=1S/C14H20N2O3/c1-16(10-11-6-3-4-9-19-11)14(17)12-7-5-8-15-13(12)18-2/h5,7-8,11H,3-4,6,9-10H2,1-2H3. The van der Waals surface area contributed by atoms with Gasteiger partial charge >= 0.3 is 0 Å². The summed E-state index contributed by atoms with van der Waals surface area (Å²) in [5, 5.41) is 0. The van der Waals surface area contributed by atoms with Crippen LogP contribution in [0.25, 0.3) is 0 Å². The van der Waals surface area contributed by atoms with Crippen LogP contribution in [0.1, 0.15) is 29.6 Å². The molecule has 104 valence electrons. The molecule has 0 N–H and O–H groups in total. The number of hydrogen-bond acceptors (Lipinski definition) is 4. The van der Waals surface area contributed by atoms with Crippen LogP contribution in [0.4, 0.5) is 0 Å². The fourth-order valence-electron chi connectivity index (χ4n) is 2.26. The first-order valence-corrected chi connectivity index (χ1v) is 6.58. The van der Waals surface area contributed by atoms with Gasteiger partial charge in [0, 0.05) is 26.4 Å². The smallest absolute Gasteiger partial charge is 0.259 e. The number of carbonyl (C=O) groups excluding carboxylic acids is 1. The third-order valence-electron chi connectivity index (χ3n) is 3.29. The molecule has 0 radical (unpaired) electrons. The van der Waals surface area contributed by atoms with Crippen LogP contribution in [-0.2, 0) is 4.74 Å². The van der Waals surface area contributed by atoms with E-state index in [9.17, 15) is 4.79 Å². The van der Waals surface area contributed by atoms with Crippen molar-refractivity contribution in [3.8, 4) is 5.88 Å². The first-order valence-electron chi connectivity index (χ1n) is 6.58. The molecule has 0 saturated carbocycles. The molecule has 1 aromatic heterocycles. The lowest BCUT2D eigenvalue weighted by Gasteiger charge is -2.27. The van der Waals surface area contributed by atoms with Gasteiger partial charge in [0.2, 0.25) is 5.88 Å². The van der Waals surface area contributed by atoms with E-state index in [1.165, 1.54) is 13.5 Å². The summed E-state index contributed by atoms with van der Waals surface area (Å²) in [6.45, 7) is 1.40. The second-order valence-corrected chi connectivity index (χ2v) is 4.73. The maximum atomic E-state index is 12.3. The number of methoxy groups -OCH3 is 1. The summed E-state index contributed by atoms with van der Waals surface area (Å²) in [5.41, 5.74) is 0.489. The van der Waals surface area contributed by atoms with Crippen molar-refractivity contribution in [1.29, 1.82) is 0 Å². The lowest BCUT2D eigenvalue weighted by molar-refractivity contribution is -0.000253. The number of carbonyl (C=O) groups is 1. The van der Waals surface area contributed by atoms with Gasteiger partial charge in [-0.05, 0) is 31.4 Å². The van der Waals surface area contributed by atoms with Crippen molar-refractivity contribution in [2.24, 2.45) is 0 Å². The molecule has 0 spiro atoms. The molecule has 1 fully saturated rings. The van der Waals surface area contributed by atoms with E-state index in [1.807, 2.05) is 0 Å². The zero-order chi connectivity index (χ0) is 13.7. The Kier molecular flexibility index (Phi) is 4.74. The molecule has 0 aromatic carbocycles. The molecule has 19 heavy (non-hydrogen) atoms. The van der Waals surface area contributed by atoms with E-state index in [4.69, 9.17) is 9.47 Å². The molecule has 1 saturated heterocycles. The SMILES string of the molecule is COc1ncccc1C(=O)N(C)CC1CCCCO1. The Balaban J connectivity index is 2.01. The highest BCUT2D eigenvalue weighted by atomic mass is 16.5. The second kappa shape index (κ2) is 6.52. The Morgan fingerprint density at radius 1 is 1.58 bits per heavy atom. The monoisotopic (exact) mass is 264 g/mol. The molecule has 5 nitrogen and oxygen atoms in total. The zero-order valence-corrected chi connectivity index (χ0v) is 11.5. The largest absolute Gasteiger partial charge is 0.480 e. The summed E-state index contributed by atoms with van der Waals surface area (Å²) in [4.78, 5) is 18.1. The molecule has 1 atom stereocenters. The summed E-state index contributed by atoms with van der Waals surface area (Å²) in [6, 6.07) is 3.47. The fraction of sp³-hybridized carbons (Fsp3) is 0.571. The Morgan fingerprint density at radius 3 is 3.11 bits per heavy atom. The molecular formula is C14H20N2O3. The average Bonchev–Trinajstić information content (AvgIpc) is 2.47. The molecule has 1 unspecified atom stereocenters. The summed E-state index contributed by atoms with van der Waals surface area (Å²) < 4.78 is 10.8. The molecular weight excluding hydrogens is 244 g/mol. The highest BCUT2D eigenvalue weighted by Gasteiger charge is 2.22. The van der Waals surface area contributed by atoms with Crippen LogP contribution >= 0.6 is 0 Å². The Morgan fingerprint density at radius 2 is 2.42 bits per heavy atom. The van der Waals surface area contributed by atoms with Crippen LogP contribution in [0.5, 0.6) is 5.88 Å². The van der Waals surface area contributed by atoms with Gasteiger partial charge in [-0.3, -0.25) is 4.79 Å². The van der Waals surface area contributed by atoms with Gasteiger partial charge in [-0.1, -0.05) is 0 Å². The second-order valence-electron chi connectivity index (χ2n) is 4.73. The van der Waals surface area contributed by atoms with E-state index in [-0.39, 0.29) is 12.0 Å². The maximum absolute atomic E-state index is 12.3. The zero-order valence-electron chi connectivity index (χ0n) is 11.5. The Bertz CT molecular complexity index is 430. The topological polar surface area (TPSA) is 51.7 Å². The Labute approximate surface area is 113 Å². The predicted octanol–water partition coefficient (Wildman–Crippen LogP) is 1.73. The first kappa shape index (κ1) is 13.8. The normalized spacial score (nSPS) is 18.9. The summed E-state index contributed by atoms with van der Waals surface area (Å²) in [5.74, 6) is 0.281. The molecule has 2 heterocycles. The molecule has 0 aliphatic carbocycles. The van der Waals surface area contributed by atoms with E-state index in [2.05, 4.69) is 4.98 Å². The van der Waals surface area contributed by atoms with Gasteiger partial charge < -0.3 is 14.4 Å². The third kappa shape index (κ3) is 3.44. The van der Waals surface area contributed by atoms with Gasteiger partial charge in [0.15, 0.2) is 0 Å². The number of nitrogens with zero attached hydrogens (tertiary/aromatic N) is 2. The predicted molar refractivity (Wildman–Crippen MR) is 71.3 cm³/mol. The first-order chi connectivity index (χ1) is 9.22. The van der Waals surface area contributed by atoms with Gasteiger partial charge in [0.05, 0.1) is 13.2 Å². The highest BCUT2D eigenvalue weighted by molar-refractivity contribution is 5.96. The van der Waals surface area contributed by atoms with Gasteiger partial charge in [-0.15, -0.1) is 0 Å². The lowest BCUT2D eigenvalue weighted by atomic mass is 10.1. The molecule has 2 rings (SSSR count). The quantitative estimate of drug-likeness (QED) is 0.831. The van der Waals surface area contributed by atoms with Crippen molar-refractivity contribution in [1.82, 2.24) is 9.88 Å². The number of hydrogen-bond donors (Lipinski definition) is 0. The van der Waals surface area contributed by atoms with Crippen molar-refractivity contribution < 1.29 is 14.3 Å². The molecule has 1 aliphatic heterocycles. The molecule has 0 bridgehead atoms. The minimum atomic E-state index is -0.0841. The van der Waals surface area contributed by atoms with Crippen LogP contribution in [0.3, 0.4) is 0 Å². The van der Waals surface area contributed by atoms with E-state index in [0.29, 0.717) is 18.0 Å². The van der Waals surface area contributed by atoms with Crippen molar-refractivity contribution in [2.45, 2.75) is 25.4 Å². The van der Waals surface area contributed by atoms with E-state index in [0.717, 1.165) is 19.4 Å². The van der Waals surface area contributed by atoms with Crippen molar-refractivity contribution >= 4 is 5.91 Å². The Hall–Kier alpha value is -1.62. The molecule has 1 aromatic rings. The maximum Gasteiger partial charge on any atom is 0.259 e. The lowest BCUT2D eigenvalue weighted by Crippen LogP contribution is -2.37. The van der Waals surface area contributed by atoms with Gasteiger partial charge in [-0.2, -0.15) is 0 Å². The third-order valence-corrected chi connectivity index (χ3v) is 3.29. The number of likely N-dealkylation sites (N-methyl/N-ethyl adjacent to an activating group) is 1. The van der Waals surface area contributed by atoms with E-state index < -0.39 is 0 Å². The van der Waals surface area contributed by atoms with Crippen LogP contribution in [0.15, 0.2) is 18.3 Å². The van der Waals surface area contributed by atoms with Gasteiger partial charge in [0.25, 0.3) is 5.91 Å². The molecule has 1 amide bonds. The fourth-order valence-corrected chi connectivity index (χ4v) is 2.26. The van der Waals surface area contributed by atoms with Crippen molar-refractivity contribution in [3.05, 3.63) is 23.9 Å². The van der Waals surface area contributed by atoms with Crippen LogP contribution in [0.2, 0.25) is 0 Å². The van der Waals surface area contributed by atoms with E-state index >= 15 is 0 Å². The summed E-state index contributed by atoms with van der Waals surface area (Å²) in [7, 11) is 3.30. The average molecular weight is 264 g/mol. The minimum absolute atomic E-state index is 0.0841. The van der Waals surface area contributed by atoms with E-state index in [1.54, 1.807) is 30.3 Å². The van der Waals surface area contributed by atoms with Crippen LogP contribution in [0, 0.1) is 0 Å². The van der Waals surface area contributed by atoms with Crippen LogP contribution < -0.4 is 4.74 Å². The summed E-state index contributed by atoms with van der Waals surface area (Å²) in [6.07, 6.45) is 5.06. The van der Waals surface area contributed by atoms with Gasteiger partial charge in [-0.25, -0.2) is 4.98 Å².